The average Bonchev–Trinajstić information content (AvgIpc) is 2.10. The summed E-state index contributed by atoms with van der Waals surface area (Å²) in [5.41, 5.74) is 0. The lowest BCUT2D eigenvalue weighted by molar-refractivity contribution is 0.101. The fourth-order valence-corrected chi connectivity index (χ4v) is 1.93. The van der Waals surface area contributed by atoms with Gasteiger partial charge in [0.15, 0.2) is 0 Å². The van der Waals surface area contributed by atoms with E-state index in [9.17, 15) is 0 Å². The highest BCUT2D eigenvalue weighted by Gasteiger charge is 2.30. The van der Waals surface area contributed by atoms with E-state index in [1.54, 1.807) is 0 Å². The second-order valence-electron chi connectivity index (χ2n) is 3.28. The highest BCUT2D eigenvalue weighted by atomic mass is 15.2. The van der Waals surface area contributed by atoms with Gasteiger partial charge in [-0.05, 0) is 19.9 Å². The number of nitrogens with one attached hydrogen (secondary N) is 1. The molecule has 0 saturated carbocycles. The van der Waals surface area contributed by atoms with Crippen molar-refractivity contribution in [2.24, 2.45) is 0 Å². The van der Waals surface area contributed by atoms with E-state index >= 15 is 0 Å². The second kappa shape index (κ2) is 4.07. The molecule has 0 spiro atoms. The van der Waals surface area contributed by atoms with Gasteiger partial charge < -0.3 is 10.2 Å². The summed E-state index contributed by atoms with van der Waals surface area (Å²) in [5.74, 6) is 0. The quantitative estimate of drug-likeness (QED) is 0.564. The first-order valence-corrected chi connectivity index (χ1v) is 4.80. The molecule has 2 atom stereocenters. The molecule has 11 heavy (non-hydrogen) atoms. The maximum Gasteiger partial charge on any atom is 0.0218 e. The normalized spacial score (nSPS) is 36.3. The molecule has 2 bridgehead atoms. The van der Waals surface area contributed by atoms with E-state index in [0.717, 1.165) is 12.1 Å². The van der Waals surface area contributed by atoms with Gasteiger partial charge in [0.1, 0.15) is 0 Å². The highest BCUT2D eigenvalue weighted by molar-refractivity contribution is 4.90. The van der Waals surface area contributed by atoms with Crippen LogP contribution in [0.5, 0.6) is 0 Å². The zero-order valence-corrected chi connectivity index (χ0v) is 7.93. The molecule has 3 saturated heterocycles. The molecule has 0 amide bonds. The maximum atomic E-state index is 3.51. The molecule has 3 rings (SSSR count). The lowest BCUT2D eigenvalue weighted by Gasteiger charge is -2.44. The summed E-state index contributed by atoms with van der Waals surface area (Å²) in [7, 11) is 2.23. The molecule has 0 aliphatic carbocycles. The Kier molecular flexibility index (Phi) is 3.34. The lowest BCUT2D eigenvalue weighted by atomic mass is 9.94. The van der Waals surface area contributed by atoms with E-state index in [-0.39, 0.29) is 0 Å². The van der Waals surface area contributed by atoms with Gasteiger partial charge in [-0.25, -0.2) is 0 Å². The van der Waals surface area contributed by atoms with Crippen molar-refractivity contribution in [2.45, 2.75) is 38.8 Å². The van der Waals surface area contributed by atoms with Crippen LogP contribution in [-0.4, -0.2) is 37.1 Å². The van der Waals surface area contributed by atoms with Crippen LogP contribution in [0.4, 0.5) is 0 Å². The predicted octanol–water partition coefficient (Wildman–Crippen LogP) is 1.08. The van der Waals surface area contributed by atoms with Crippen LogP contribution < -0.4 is 5.32 Å². The van der Waals surface area contributed by atoms with Gasteiger partial charge in [-0.2, -0.15) is 0 Å². The van der Waals surface area contributed by atoms with Gasteiger partial charge in [0.2, 0.25) is 0 Å². The van der Waals surface area contributed by atoms with Crippen molar-refractivity contribution in [1.82, 2.24) is 10.2 Å². The van der Waals surface area contributed by atoms with Gasteiger partial charge >= 0.3 is 0 Å². The number of fused-ring (bicyclic) bond motifs is 3. The van der Waals surface area contributed by atoms with E-state index in [2.05, 4.69) is 17.3 Å². The average molecular weight is 156 g/mol. The fourth-order valence-electron chi connectivity index (χ4n) is 1.93. The summed E-state index contributed by atoms with van der Waals surface area (Å²) in [4.78, 5) is 2.48. The Morgan fingerprint density at radius 2 is 2.00 bits per heavy atom. The van der Waals surface area contributed by atoms with Gasteiger partial charge in [0.05, 0.1) is 0 Å². The Bertz CT molecular complexity index is 106. The first-order valence-electron chi connectivity index (χ1n) is 4.80. The van der Waals surface area contributed by atoms with Gasteiger partial charge in [-0.15, -0.1) is 0 Å². The third-order valence-corrected chi connectivity index (χ3v) is 2.62. The molecule has 2 unspecified atom stereocenters. The minimum atomic E-state index is 0.806. The molecule has 3 heterocycles. The van der Waals surface area contributed by atoms with Crippen LogP contribution in [0.1, 0.15) is 26.7 Å². The van der Waals surface area contributed by atoms with Crippen molar-refractivity contribution in [3.05, 3.63) is 0 Å². The second-order valence-corrected chi connectivity index (χ2v) is 3.28. The number of hydrogen-bond acceptors (Lipinski definition) is 2. The smallest absolute Gasteiger partial charge is 0.0218 e. The predicted molar refractivity (Wildman–Crippen MR) is 48.8 cm³/mol. The topological polar surface area (TPSA) is 15.3 Å². The summed E-state index contributed by atoms with van der Waals surface area (Å²) in [6.45, 7) is 6.49. The number of likely N-dealkylation sites (N-methyl/N-ethyl adjacent to an activating group) is 1. The SMILES string of the molecule is CC.CN1CC2CCC1CN2. The number of piperidine rings is 2. The molecule has 3 aliphatic heterocycles. The minimum absolute atomic E-state index is 0.806. The molecule has 0 radical (unpaired) electrons. The van der Waals surface area contributed by atoms with E-state index in [1.807, 2.05) is 13.8 Å². The highest BCUT2D eigenvalue weighted by Crippen LogP contribution is 2.19. The standard InChI is InChI=1S/C7H14N2.C2H6/c1-9-5-6-2-3-7(9)4-8-6;1-2/h6-8H,2-5H2,1H3;1-2H3. The van der Waals surface area contributed by atoms with E-state index < -0.39 is 0 Å². The molecule has 0 aromatic carbocycles. The molecule has 3 fully saturated rings. The monoisotopic (exact) mass is 156 g/mol. The first kappa shape index (κ1) is 9.01. The summed E-state index contributed by atoms with van der Waals surface area (Å²) in [6, 6.07) is 1.65. The van der Waals surface area contributed by atoms with Crippen molar-refractivity contribution in [1.29, 1.82) is 0 Å². The molecule has 3 aliphatic rings. The van der Waals surface area contributed by atoms with Crippen molar-refractivity contribution in [2.75, 3.05) is 20.1 Å². The number of piperazine rings is 1. The Balaban J connectivity index is 0.000000281. The van der Waals surface area contributed by atoms with Gasteiger partial charge in [-0.3, -0.25) is 0 Å². The zero-order valence-electron chi connectivity index (χ0n) is 7.93. The summed E-state index contributed by atoms with van der Waals surface area (Å²) < 4.78 is 0. The Morgan fingerprint density at radius 3 is 2.18 bits per heavy atom. The first-order chi connectivity index (χ1) is 5.36. The van der Waals surface area contributed by atoms with Crippen LogP contribution in [0, 0.1) is 0 Å². The molecule has 0 aromatic heterocycles. The summed E-state index contributed by atoms with van der Waals surface area (Å²) in [6.07, 6.45) is 2.81. The van der Waals surface area contributed by atoms with Crippen LogP contribution in [0.3, 0.4) is 0 Å². The fraction of sp³-hybridized carbons (Fsp3) is 1.00. The molecular weight excluding hydrogens is 136 g/mol. The maximum absolute atomic E-state index is 3.51. The number of nitrogens with zero attached hydrogens (tertiary/aromatic N) is 1. The molecule has 0 aromatic rings. The van der Waals surface area contributed by atoms with E-state index in [1.165, 1.54) is 25.9 Å². The third kappa shape index (κ3) is 1.94. The Hall–Kier alpha value is -0.0800. The van der Waals surface area contributed by atoms with Crippen molar-refractivity contribution >= 4 is 0 Å². The van der Waals surface area contributed by atoms with Crippen LogP contribution in [0.2, 0.25) is 0 Å². The van der Waals surface area contributed by atoms with Gasteiger partial charge in [0.25, 0.3) is 0 Å². The van der Waals surface area contributed by atoms with Crippen LogP contribution in [0.25, 0.3) is 0 Å². The van der Waals surface area contributed by atoms with Crippen molar-refractivity contribution in [3.8, 4) is 0 Å². The number of rotatable bonds is 0. The summed E-state index contributed by atoms with van der Waals surface area (Å²) in [5, 5.41) is 3.51. The summed E-state index contributed by atoms with van der Waals surface area (Å²) >= 11 is 0. The van der Waals surface area contributed by atoms with Gasteiger partial charge in [-0.1, -0.05) is 13.8 Å². The molecule has 66 valence electrons. The van der Waals surface area contributed by atoms with Gasteiger partial charge in [0, 0.05) is 25.2 Å². The largest absolute Gasteiger partial charge is 0.311 e. The van der Waals surface area contributed by atoms with Crippen molar-refractivity contribution < 1.29 is 0 Å². The van der Waals surface area contributed by atoms with Crippen molar-refractivity contribution in [3.63, 3.8) is 0 Å². The van der Waals surface area contributed by atoms with Crippen LogP contribution in [-0.2, 0) is 0 Å². The lowest BCUT2D eigenvalue weighted by Crippen LogP contribution is -2.59. The van der Waals surface area contributed by atoms with E-state index in [0.29, 0.717) is 0 Å². The molecular formula is C9H20N2. The van der Waals surface area contributed by atoms with Crippen LogP contribution in [0.15, 0.2) is 0 Å². The number of hydrogen-bond donors (Lipinski definition) is 1. The van der Waals surface area contributed by atoms with Crippen LogP contribution >= 0.6 is 0 Å². The molecule has 2 heteroatoms. The molecule has 1 N–H and O–H groups in total. The van der Waals surface area contributed by atoms with E-state index in [4.69, 9.17) is 0 Å². The Morgan fingerprint density at radius 1 is 1.27 bits per heavy atom. The third-order valence-electron chi connectivity index (χ3n) is 2.62. The minimum Gasteiger partial charge on any atom is -0.311 e. The molecule has 2 nitrogen and oxygen atoms in total. The zero-order chi connectivity index (χ0) is 8.27. The Labute approximate surface area is 70.0 Å².